The van der Waals surface area contributed by atoms with Crippen LogP contribution in [0.1, 0.15) is 37.1 Å². The van der Waals surface area contributed by atoms with Crippen molar-refractivity contribution in [3.05, 3.63) is 47.0 Å². The molecule has 8 nitrogen and oxygen atoms in total. The lowest BCUT2D eigenvalue weighted by Crippen LogP contribution is -2.18. The molecule has 1 saturated heterocycles. The van der Waals surface area contributed by atoms with Gasteiger partial charge in [-0.1, -0.05) is 29.8 Å². The number of esters is 1. The molecule has 0 saturated carbocycles. The molecule has 1 aromatic carbocycles. The number of carbonyl (C=O) groups is 1. The van der Waals surface area contributed by atoms with Crippen LogP contribution >= 0.6 is 11.6 Å². The number of benzene rings is 1. The fourth-order valence-electron chi connectivity index (χ4n) is 3.46. The Balaban J connectivity index is 1.53. The highest BCUT2D eigenvalue weighted by atomic mass is 35.5. The number of aryl methyl sites for hydroxylation is 1. The van der Waals surface area contributed by atoms with Crippen molar-refractivity contribution in [2.45, 2.75) is 45.6 Å². The summed E-state index contributed by atoms with van der Waals surface area (Å²) in [4.78, 5) is 24.2. The Hall–Kier alpha value is -2.71. The maximum absolute atomic E-state index is 11.0. The highest BCUT2D eigenvalue weighted by molar-refractivity contribution is 6.28. The number of imidazole rings is 1. The summed E-state index contributed by atoms with van der Waals surface area (Å²) in [5.41, 5.74) is 3.57. The number of aromatic nitrogens is 4. The van der Waals surface area contributed by atoms with Crippen LogP contribution in [0, 0.1) is 6.92 Å². The van der Waals surface area contributed by atoms with Gasteiger partial charge in [0.05, 0.1) is 12.4 Å². The van der Waals surface area contributed by atoms with Crippen LogP contribution in [-0.4, -0.2) is 38.2 Å². The molecule has 152 valence electrons. The van der Waals surface area contributed by atoms with E-state index in [0.717, 1.165) is 18.4 Å². The Labute approximate surface area is 173 Å². The van der Waals surface area contributed by atoms with Crippen molar-refractivity contribution in [2.75, 3.05) is 11.9 Å². The van der Waals surface area contributed by atoms with Crippen LogP contribution in [0.25, 0.3) is 11.2 Å². The highest BCUT2D eigenvalue weighted by Gasteiger charge is 2.29. The highest BCUT2D eigenvalue weighted by Crippen LogP contribution is 2.32. The van der Waals surface area contributed by atoms with Crippen LogP contribution in [-0.2, 0) is 20.8 Å². The third-order valence-electron chi connectivity index (χ3n) is 4.80. The van der Waals surface area contributed by atoms with Gasteiger partial charge in [-0.3, -0.25) is 9.36 Å². The molecule has 3 aromatic rings. The predicted octanol–water partition coefficient (Wildman–Crippen LogP) is 3.64. The SMILES string of the molecule is CC(=O)OCC1CCC(n2cnc3c(NCc4cccc(C)c4)nc(Cl)nc32)O1. The summed E-state index contributed by atoms with van der Waals surface area (Å²) in [6.45, 7) is 4.29. The Morgan fingerprint density at radius 2 is 2.24 bits per heavy atom. The van der Waals surface area contributed by atoms with Gasteiger partial charge in [0.2, 0.25) is 5.28 Å². The standard InChI is InChI=1S/C20H22ClN5O3/c1-12-4-3-5-14(8-12)9-22-18-17-19(25-20(21)24-18)26(11-23-17)16-7-6-15(29-16)10-28-13(2)27/h3-5,8,11,15-16H,6-7,9-10H2,1-2H3,(H,22,24,25). The van der Waals surface area contributed by atoms with Crippen LogP contribution in [0.4, 0.5) is 5.82 Å². The average molecular weight is 416 g/mol. The Kier molecular flexibility index (Phi) is 5.64. The van der Waals surface area contributed by atoms with Gasteiger partial charge in [0.1, 0.15) is 12.8 Å². The molecule has 2 atom stereocenters. The largest absolute Gasteiger partial charge is 0.463 e. The van der Waals surface area contributed by atoms with Gasteiger partial charge in [-0.05, 0) is 36.9 Å². The minimum atomic E-state index is -0.311. The topological polar surface area (TPSA) is 91.2 Å². The van der Waals surface area contributed by atoms with Crippen molar-refractivity contribution in [3.8, 4) is 0 Å². The predicted molar refractivity (Wildman–Crippen MR) is 109 cm³/mol. The molecule has 1 aliphatic rings. The molecule has 2 aromatic heterocycles. The second-order valence-corrected chi connectivity index (χ2v) is 7.44. The second-order valence-electron chi connectivity index (χ2n) is 7.10. The molecular weight excluding hydrogens is 394 g/mol. The van der Waals surface area contributed by atoms with E-state index in [0.29, 0.717) is 23.5 Å². The van der Waals surface area contributed by atoms with Gasteiger partial charge in [0.25, 0.3) is 0 Å². The molecule has 2 unspecified atom stereocenters. The maximum Gasteiger partial charge on any atom is 0.302 e. The summed E-state index contributed by atoms with van der Waals surface area (Å²) in [5, 5.41) is 3.45. The number of halogens is 1. The van der Waals surface area contributed by atoms with Crippen molar-refractivity contribution in [1.82, 2.24) is 19.5 Å². The number of carbonyl (C=O) groups excluding carboxylic acids is 1. The number of rotatable bonds is 6. The first-order valence-corrected chi connectivity index (χ1v) is 9.85. The molecule has 0 spiro atoms. The van der Waals surface area contributed by atoms with Gasteiger partial charge in [-0.2, -0.15) is 9.97 Å². The summed E-state index contributed by atoms with van der Waals surface area (Å²) >= 11 is 6.18. The van der Waals surface area contributed by atoms with E-state index in [1.807, 2.05) is 16.7 Å². The number of hydrogen-bond acceptors (Lipinski definition) is 7. The fourth-order valence-corrected chi connectivity index (χ4v) is 3.62. The van der Waals surface area contributed by atoms with Crippen LogP contribution < -0.4 is 5.32 Å². The number of anilines is 1. The van der Waals surface area contributed by atoms with Gasteiger partial charge < -0.3 is 14.8 Å². The lowest BCUT2D eigenvalue weighted by molar-refractivity contribution is -0.145. The Morgan fingerprint density at radius 3 is 3.03 bits per heavy atom. The van der Waals surface area contributed by atoms with E-state index in [-0.39, 0.29) is 30.2 Å². The summed E-state index contributed by atoms with van der Waals surface area (Å²) in [7, 11) is 0. The van der Waals surface area contributed by atoms with E-state index in [1.54, 1.807) is 6.33 Å². The molecule has 1 N–H and O–H groups in total. The van der Waals surface area contributed by atoms with Crippen molar-refractivity contribution in [1.29, 1.82) is 0 Å². The number of nitrogens with one attached hydrogen (secondary N) is 1. The smallest absolute Gasteiger partial charge is 0.302 e. The van der Waals surface area contributed by atoms with Crippen molar-refractivity contribution < 1.29 is 14.3 Å². The third-order valence-corrected chi connectivity index (χ3v) is 4.97. The van der Waals surface area contributed by atoms with Gasteiger partial charge >= 0.3 is 5.97 Å². The fraction of sp³-hybridized carbons (Fsp3) is 0.400. The van der Waals surface area contributed by atoms with Crippen molar-refractivity contribution >= 4 is 34.6 Å². The lowest BCUT2D eigenvalue weighted by atomic mass is 10.1. The molecular formula is C20H22ClN5O3. The van der Waals surface area contributed by atoms with Crippen LogP contribution in [0.3, 0.4) is 0 Å². The van der Waals surface area contributed by atoms with Gasteiger partial charge in [-0.15, -0.1) is 0 Å². The monoisotopic (exact) mass is 415 g/mol. The number of ether oxygens (including phenoxy) is 2. The summed E-state index contributed by atoms with van der Waals surface area (Å²) in [6, 6.07) is 8.24. The van der Waals surface area contributed by atoms with E-state index < -0.39 is 0 Å². The molecule has 4 rings (SSSR count). The summed E-state index contributed by atoms with van der Waals surface area (Å²) in [6.07, 6.45) is 2.86. The molecule has 1 aliphatic heterocycles. The summed E-state index contributed by atoms with van der Waals surface area (Å²) < 4.78 is 12.9. The first kappa shape index (κ1) is 19.6. The Bertz CT molecular complexity index is 1040. The molecule has 0 bridgehead atoms. The molecule has 0 aliphatic carbocycles. The zero-order chi connectivity index (χ0) is 20.4. The summed E-state index contributed by atoms with van der Waals surface area (Å²) in [5.74, 6) is 0.267. The van der Waals surface area contributed by atoms with E-state index >= 15 is 0 Å². The first-order valence-electron chi connectivity index (χ1n) is 9.48. The third kappa shape index (κ3) is 4.49. The maximum atomic E-state index is 11.0. The van der Waals surface area contributed by atoms with Gasteiger partial charge in [0.15, 0.2) is 17.0 Å². The van der Waals surface area contributed by atoms with E-state index in [9.17, 15) is 4.79 Å². The van der Waals surface area contributed by atoms with Crippen molar-refractivity contribution in [2.24, 2.45) is 0 Å². The minimum Gasteiger partial charge on any atom is -0.463 e. The quantitative estimate of drug-likeness (QED) is 0.485. The van der Waals surface area contributed by atoms with E-state index in [2.05, 4.69) is 39.3 Å². The zero-order valence-electron chi connectivity index (χ0n) is 16.3. The van der Waals surface area contributed by atoms with Crippen LogP contribution in [0.15, 0.2) is 30.6 Å². The molecule has 1 fully saturated rings. The van der Waals surface area contributed by atoms with Gasteiger partial charge in [0, 0.05) is 13.5 Å². The second kappa shape index (κ2) is 8.34. The average Bonchev–Trinajstić information content (AvgIpc) is 3.31. The van der Waals surface area contributed by atoms with Crippen LogP contribution in [0.2, 0.25) is 5.28 Å². The molecule has 9 heteroatoms. The molecule has 3 heterocycles. The number of fused-ring (bicyclic) bond motifs is 1. The Morgan fingerprint density at radius 1 is 1.38 bits per heavy atom. The zero-order valence-corrected chi connectivity index (χ0v) is 17.0. The van der Waals surface area contributed by atoms with Crippen molar-refractivity contribution in [3.63, 3.8) is 0 Å². The minimum absolute atomic E-state index is 0.139. The molecule has 0 amide bonds. The van der Waals surface area contributed by atoms with Gasteiger partial charge in [-0.25, -0.2) is 4.98 Å². The first-order chi connectivity index (χ1) is 14.0. The number of hydrogen-bond donors (Lipinski definition) is 1. The molecule has 0 radical (unpaired) electrons. The van der Waals surface area contributed by atoms with E-state index in [4.69, 9.17) is 21.1 Å². The van der Waals surface area contributed by atoms with Crippen LogP contribution in [0.5, 0.6) is 0 Å². The molecule has 29 heavy (non-hydrogen) atoms. The number of nitrogens with zero attached hydrogens (tertiary/aromatic N) is 4. The normalized spacial score (nSPS) is 18.9. The lowest BCUT2D eigenvalue weighted by Gasteiger charge is -2.15. The van der Waals surface area contributed by atoms with E-state index in [1.165, 1.54) is 12.5 Å².